The fourth-order valence-corrected chi connectivity index (χ4v) is 3.33. The number of aromatic nitrogens is 4. The summed E-state index contributed by atoms with van der Waals surface area (Å²) in [5.74, 6) is -0.265. The Bertz CT molecular complexity index is 1230. The molecule has 0 saturated carbocycles. The average Bonchev–Trinajstić information content (AvgIpc) is 3.13. The van der Waals surface area contributed by atoms with E-state index in [9.17, 15) is 4.39 Å². The van der Waals surface area contributed by atoms with E-state index in [4.69, 9.17) is 0 Å². The van der Waals surface area contributed by atoms with Crippen molar-refractivity contribution in [2.24, 2.45) is 0 Å². The lowest BCUT2D eigenvalue weighted by Crippen LogP contribution is -1.97. The SMILES string of the molecule is Fc1ccc(-n2ncc3cc(-c4ccncc4)c4cnccc4c32)cc1. The largest absolute Gasteiger partial charge is 0.265 e. The molecule has 0 saturated heterocycles. The van der Waals surface area contributed by atoms with Gasteiger partial charge in [-0.1, -0.05) is 0 Å². The second kappa shape index (κ2) is 5.74. The van der Waals surface area contributed by atoms with Crippen LogP contribution in [0.25, 0.3) is 38.5 Å². The van der Waals surface area contributed by atoms with Gasteiger partial charge in [-0.25, -0.2) is 9.07 Å². The van der Waals surface area contributed by atoms with Gasteiger partial charge in [0.05, 0.1) is 17.4 Å². The summed E-state index contributed by atoms with van der Waals surface area (Å²) in [7, 11) is 0. The zero-order valence-electron chi connectivity index (χ0n) is 13.7. The van der Waals surface area contributed by atoms with Crippen molar-refractivity contribution in [2.45, 2.75) is 0 Å². The molecule has 0 unspecified atom stereocenters. The third-order valence-corrected chi connectivity index (χ3v) is 4.53. The molecule has 5 heteroatoms. The van der Waals surface area contributed by atoms with Crippen molar-refractivity contribution >= 4 is 21.7 Å². The van der Waals surface area contributed by atoms with E-state index in [0.29, 0.717) is 0 Å². The molecule has 0 N–H and O–H groups in total. The smallest absolute Gasteiger partial charge is 0.123 e. The van der Waals surface area contributed by atoms with Crippen LogP contribution in [0, 0.1) is 5.82 Å². The summed E-state index contributed by atoms with van der Waals surface area (Å²) in [5.41, 5.74) is 3.96. The molecule has 2 aromatic carbocycles. The van der Waals surface area contributed by atoms with Crippen molar-refractivity contribution in [3.63, 3.8) is 0 Å². The molecule has 26 heavy (non-hydrogen) atoms. The van der Waals surface area contributed by atoms with Gasteiger partial charge < -0.3 is 0 Å². The maximum atomic E-state index is 13.3. The van der Waals surface area contributed by atoms with Crippen LogP contribution in [0.2, 0.25) is 0 Å². The maximum Gasteiger partial charge on any atom is 0.123 e. The molecular weight excluding hydrogens is 327 g/mol. The Morgan fingerprint density at radius 1 is 0.769 bits per heavy atom. The second-order valence-electron chi connectivity index (χ2n) is 6.05. The van der Waals surface area contributed by atoms with Gasteiger partial charge in [0.1, 0.15) is 5.82 Å². The summed E-state index contributed by atoms with van der Waals surface area (Å²) in [5, 5.41) is 7.64. The van der Waals surface area contributed by atoms with Gasteiger partial charge in [-0.2, -0.15) is 5.10 Å². The van der Waals surface area contributed by atoms with Crippen LogP contribution in [0.5, 0.6) is 0 Å². The monoisotopic (exact) mass is 340 g/mol. The van der Waals surface area contributed by atoms with Crippen LogP contribution in [0.3, 0.4) is 0 Å². The highest BCUT2D eigenvalue weighted by atomic mass is 19.1. The Morgan fingerprint density at radius 2 is 1.54 bits per heavy atom. The minimum atomic E-state index is -0.265. The Morgan fingerprint density at radius 3 is 2.35 bits per heavy atom. The van der Waals surface area contributed by atoms with Crippen LogP contribution in [-0.2, 0) is 0 Å². The van der Waals surface area contributed by atoms with Crippen molar-refractivity contribution in [1.29, 1.82) is 0 Å². The molecule has 5 rings (SSSR count). The number of hydrogen-bond donors (Lipinski definition) is 0. The lowest BCUT2D eigenvalue weighted by Gasteiger charge is -2.10. The van der Waals surface area contributed by atoms with Crippen molar-refractivity contribution in [3.05, 3.63) is 85.3 Å². The van der Waals surface area contributed by atoms with Crippen LogP contribution in [0.1, 0.15) is 0 Å². The topological polar surface area (TPSA) is 43.6 Å². The van der Waals surface area contributed by atoms with Crippen molar-refractivity contribution in [2.75, 3.05) is 0 Å². The van der Waals surface area contributed by atoms with E-state index in [0.717, 1.165) is 38.5 Å². The predicted molar refractivity (Wildman–Crippen MR) is 99.6 cm³/mol. The Hall–Kier alpha value is -3.60. The zero-order chi connectivity index (χ0) is 17.5. The van der Waals surface area contributed by atoms with Crippen LogP contribution in [-0.4, -0.2) is 19.7 Å². The minimum Gasteiger partial charge on any atom is -0.265 e. The van der Waals surface area contributed by atoms with Gasteiger partial charge in [0, 0.05) is 40.9 Å². The fraction of sp³-hybridized carbons (Fsp3) is 0. The zero-order valence-corrected chi connectivity index (χ0v) is 13.7. The van der Waals surface area contributed by atoms with E-state index in [1.807, 2.05) is 35.3 Å². The van der Waals surface area contributed by atoms with E-state index in [2.05, 4.69) is 21.1 Å². The fourth-order valence-electron chi connectivity index (χ4n) is 3.33. The van der Waals surface area contributed by atoms with Gasteiger partial charge in [0.15, 0.2) is 0 Å². The van der Waals surface area contributed by atoms with E-state index in [1.54, 1.807) is 30.7 Å². The highest BCUT2D eigenvalue weighted by molar-refractivity contribution is 6.12. The van der Waals surface area contributed by atoms with Crippen LogP contribution in [0.15, 0.2) is 79.5 Å². The summed E-state index contributed by atoms with van der Waals surface area (Å²) < 4.78 is 15.1. The molecule has 0 amide bonds. The molecule has 0 atom stereocenters. The van der Waals surface area contributed by atoms with Crippen LogP contribution < -0.4 is 0 Å². The molecule has 124 valence electrons. The number of fused-ring (bicyclic) bond motifs is 3. The van der Waals surface area contributed by atoms with Crippen molar-refractivity contribution in [1.82, 2.24) is 19.7 Å². The van der Waals surface area contributed by atoms with Crippen LogP contribution in [0.4, 0.5) is 4.39 Å². The van der Waals surface area contributed by atoms with E-state index < -0.39 is 0 Å². The lowest BCUT2D eigenvalue weighted by atomic mass is 9.98. The molecule has 4 nitrogen and oxygen atoms in total. The number of halogens is 1. The standard InChI is InChI=1S/C21H13FN4/c22-16-1-3-17(4-2-16)26-21-15(12-25-26)11-19(14-5-8-23-9-6-14)20-13-24-10-7-18(20)21/h1-13H. The first-order valence-corrected chi connectivity index (χ1v) is 8.22. The van der Waals surface area contributed by atoms with Gasteiger partial charge >= 0.3 is 0 Å². The number of rotatable bonds is 2. The first-order chi connectivity index (χ1) is 12.8. The number of nitrogens with zero attached hydrogens (tertiary/aromatic N) is 4. The van der Waals surface area contributed by atoms with Gasteiger partial charge in [-0.3, -0.25) is 9.97 Å². The summed E-state index contributed by atoms with van der Waals surface area (Å²) in [6.07, 6.45) is 9.04. The Kier molecular flexibility index (Phi) is 3.25. The van der Waals surface area contributed by atoms with E-state index in [1.165, 1.54) is 12.1 Å². The number of benzene rings is 2. The second-order valence-corrected chi connectivity index (χ2v) is 6.05. The lowest BCUT2D eigenvalue weighted by molar-refractivity contribution is 0.627. The third kappa shape index (κ3) is 2.25. The summed E-state index contributed by atoms with van der Waals surface area (Å²) >= 11 is 0. The first-order valence-electron chi connectivity index (χ1n) is 8.22. The molecular formula is C21H13FN4. The average molecular weight is 340 g/mol. The maximum absolute atomic E-state index is 13.3. The third-order valence-electron chi connectivity index (χ3n) is 4.53. The normalized spacial score (nSPS) is 11.3. The predicted octanol–water partition coefficient (Wildman–Crippen LogP) is 4.77. The molecule has 0 aliphatic rings. The number of pyridine rings is 2. The first kappa shape index (κ1) is 14.7. The van der Waals surface area contributed by atoms with Gasteiger partial charge in [-0.15, -0.1) is 0 Å². The highest BCUT2D eigenvalue weighted by Gasteiger charge is 2.13. The van der Waals surface area contributed by atoms with E-state index in [-0.39, 0.29) is 5.82 Å². The van der Waals surface area contributed by atoms with Gasteiger partial charge in [-0.05, 0) is 59.7 Å². The molecule has 3 heterocycles. The van der Waals surface area contributed by atoms with E-state index >= 15 is 0 Å². The molecule has 0 aliphatic heterocycles. The Balaban J connectivity index is 1.86. The summed E-state index contributed by atoms with van der Waals surface area (Å²) in [6.45, 7) is 0. The molecule has 3 aromatic heterocycles. The molecule has 0 bridgehead atoms. The molecule has 0 spiro atoms. The van der Waals surface area contributed by atoms with Crippen molar-refractivity contribution < 1.29 is 4.39 Å². The Labute approximate surface area is 148 Å². The summed E-state index contributed by atoms with van der Waals surface area (Å²) in [4.78, 5) is 8.41. The molecule has 0 aliphatic carbocycles. The quantitative estimate of drug-likeness (QED) is 0.465. The van der Waals surface area contributed by atoms with Crippen LogP contribution >= 0.6 is 0 Å². The summed E-state index contributed by atoms with van der Waals surface area (Å²) in [6, 6.07) is 14.4. The minimum absolute atomic E-state index is 0.265. The molecule has 5 aromatic rings. The number of hydrogen-bond acceptors (Lipinski definition) is 3. The van der Waals surface area contributed by atoms with Gasteiger partial charge in [0.25, 0.3) is 0 Å². The molecule has 0 radical (unpaired) electrons. The highest BCUT2D eigenvalue weighted by Crippen LogP contribution is 2.35. The van der Waals surface area contributed by atoms with Gasteiger partial charge in [0.2, 0.25) is 0 Å². The molecule has 0 fully saturated rings. The van der Waals surface area contributed by atoms with Crippen molar-refractivity contribution in [3.8, 4) is 16.8 Å².